The summed E-state index contributed by atoms with van der Waals surface area (Å²) in [6, 6.07) is 0.225. The maximum absolute atomic E-state index is 11.4. The smallest absolute Gasteiger partial charge is 0.183 e. The molecule has 0 aromatic carbocycles. The first kappa shape index (κ1) is 7.46. The summed E-state index contributed by atoms with van der Waals surface area (Å²) < 4.78 is 1.71. The van der Waals surface area contributed by atoms with Crippen molar-refractivity contribution in [3.8, 4) is 0 Å². The highest BCUT2D eigenvalue weighted by Crippen LogP contribution is 2.21. The molecule has 12 heavy (non-hydrogen) atoms. The maximum Gasteiger partial charge on any atom is 0.183 e. The lowest BCUT2D eigenvalue weighted by Crippen LogP contribution is -2.10. The number of hydrogen-bond donors (Lipinski definition) is 0. The molecule has 0 bridgehead atoms. The van der Waals surface area contributed by atoms with Gasteiger partial charge in [-0.25, -0.2) is 4.68 Å². The highest BCUT2D eigenvalue weighted by atomic mass is 16.1. The van der Waals surface area contributed by atoms with E-state index in [2.05, 4.69) is 10.3 Å². The Kier molecular flexibility index (Phi) is 1.49. The van der Waals surface area contributed by atoms with Gasteiger partial charge < -0.3 is 0 Å². The molecule has 2 rings (SSSR count). The molecule has 0 radical (unpaired) electrons. The van der Waals surface area contributed by atoms with E-state index >= 15 is 0 Å². The van der Waals surface area contributed by atoms with Crippen molar-refractivity contribution in [1.29, 1.82) is 0 Å². The lowest BCUT2D eigenvalue weighted by Gasteiger charge is -2.05. The first-order chi connectivity index (χ1) is 5.70. The minimum absolute atomic E-state index is 0.184. The summed E-state index contributed by atoms with van der Waals surface area (Å²) >= 11 is 0. The van der Waals surface area contributed by atoms with Gasteiger partial charge in [-0.1, -0.05) is 5.21 Å². The lowest BCUT2D eigenvalue weighted by atomic mass is 10.3. The second-order valence-corrected chi connectivity index (χ2v) is 3.35. The summed E-state index contributed by atoms with van der Waals surface area (Å²) in [5, 5.41) is 7.89. The van der Waals surface area contributed by atoms with Crippen molar-refractivity contribution >= 4 is 5.78 Å². The van der Waals surface area contributed by atoms with Gasteiger partial charge in [-0.05, 0) is 13.8 Å². The molecule has 1 aromatic rings. The van der Waals surface area contributed by atoms with Crippen molar-refractivity contribution in [2.24, 2.45) is 0 Å². The van der Waals surface area contributed by atoms with Crippen LogP contribution in [0.2, 0.25) is 0 Å². The Morgan fingerprint density at radius 3 is 2.83 bits per heavy atom. The molecular weight excluding hydrogens is 154 g/mol. The van der Waals surface area contributed by atoms with Gasteiger partial charge in [-0.15, -0.1) is 5.10 Å². The third-order valence-electron chi connectivity index (χ3n) is 2.11. The Morgan fingerprint density at radius 2 is 2.17 bits per heavy atom. The van der Waals surface area contributed by atoms with Crippen LogP contribution >= 0.6 is 0 Å². The van der Waals surface area contributed by atoms with Gasteiger partial charge in [-0.3, -0.25) is 4.79 Å². The van der Waals surface area contributed by atoms with E-state index in [1.165, 1.54) is 0 Å². The third kappa shape index (κ3) is 0.873. The Hall–Kier alpha value is -1.19. The SMILES string of the molecule is CC(C)n1nnc2c1C(=O)CC2. The summed E-state index contributed by atoms with van der Waals surface area (Å²) in [7, 11) is 0. The summed E-state index contributed by atoms with van der Waals surface area (Å²) in [4.78, 5) is 11.4. The van der Waals surface area contributed by atoms with Crippen LogP contribution in [0.1, 0.15) is 42.5 Å². The predicted molar refractivity (Wildman–Crippen MR) is 43.1 cm³/mol. The fourth-order valence-corrected chi connectivity index (χ4v) is 1.50. The monoisotopic (exact) mass is 165 g/mol. The number of fused-ring (bicyclic) bond motifs is 1. The second-order valence-electron chi connectivity index (χ2n) is 3.35. The average Bonchev–Trinajstić information content (AvgIpc) is 2.53. The summed E-state index contributed by atoms with van der Waals surface area (Å²) in [6.45, 7) is 4.00. The number of rotatable bonds is 1. The molecule has 0 spiro atoms. The van der Waals surface area contributed by atoms with E-state index in [1.807, 2.05) is 13.8 Å². The number of ketones is 1. The van der Waals surface area contributed by atoms with E-state index in [0.717, 1.165) is 17.8 Å². The fourth-order valence-electron chi connectivity index (χ4n) is 1.50. The van der Waals surface area contributed by atoms with Crippen molar-refractivity contribution in [1.82, 2.24) is 15.0 Å². The van der Waals surface area contributed by atoms with E-state index in [9.17, 15) is 4.79 Å². The largest absolute Gasteiger partial charge is 0.292 e. The fraction of sp³-hybridized carbons (Fsp3) is 0.625. The molecule has 4 nitrogen and oxygen atoms in total. The van der Waals surface area contributed by atoms with Crippen molar-refractivity contribution in [2.75, 3.05) is 0 Å². The molecule has 0 fully saturated rings. The number of carbonyl (C=O) groups is 1. The van der Waals surface area contributed by atoms with E-state index < -0.39 is 0 Å². The third-order valence-corrected chi connectivity index (χ3v) is 2.11. The van der Waals surface area contributed by atoms with E-state index in [4.69, 9.17) is 0 Å². The molecule has 0 amide bonds. The van der Waals surface area contributed by atoms with E-state index in [1.54, 1.807) is 4.68 Å². The second kappa shape index (κ2) is 2.40. The van der Waals surface area contributed by atoms with Crippen LogP contribution in [0.4, 0.5) is 0 Å². The molecule has 1 aromatic heterocycles. The van der Waals surface area contributed by atoms with Crippen LogP contribution in [-0.2, 0) is 6.42 Å². The molecule has 0 saturated heterocycles. The predicted octanol–water partition coefficient (Wildman–Crippen LogP) is 0.988. The van der Waals surface area contributed by atoms with Gasteiger partial charge >= 0.3 is 0 Å². The lowest BCUT2D eigenvalue weighted by molar-refractivity contribution is 0.0982. The number of hydrogen-bond acceptors (Lipinski definition) is 3. The van der Waals surface area contributed by atoms with Crippen molar-refractivity contribution in [3.05, 3.63) is 11.4 Å². The molecule has 0 unspecified atom stereocenters. The number of carbonyl (C=O) groups excluding carboxylic acids is 1. The van der Waals surface area contributed by atoms with Crippen molar-refractivity contribution < 1.29 is 4.79 Å². The molecule has 64 valence electrons. The zero-order valence-corrected chi connectivity index (χ0v) is 7.24. The van der Waals surface area contributed by atoms with Gasteiger partial charge in [-0.2, -0.15) is 0 Å². The van der Waals surface area contributed by atoms with Gasteiger partial charge in [0.25, 0.3) is 0 Å². The zero-order valence-electron chi connectivity index (χ0n) is 7.24. The van der Waals surface area contributed by atoms with Crippen LogP contribution in [0.25, 0.3) is 0 Å². The van der Waals surface area contributed by atoms with Gasteiger partial charge in [0.05, 0.1) is 5.69 Å². The zero-order chi connectivity index (χ0) is 8.72. The highest BCUT2D eigenvalue weighted by molar-refractivity contribution is 5.98. The molecule has 0 N–H and O–H groups in total. The molecule has 4 heteroatoms. The van der Waals surface area contributed by atoms with Crippen molar-refractivity contribution in [2.45, 2.75) is 32.7 Å². The van der Waals surface area contributed by atoms with Gasteiger partial charge in [0.2, 0.25) is 0 Å². The van der Waals surface area contributed by atoms with Crippen LogP contribution in [0.3, 0.4) is 0 Å². The normalized spacial score (nSPS) is 15.8. The summed E-state index contributed by atoms with van der Waals surface area (Å²) in [6.07, 6.45) is 1.37. The number of aromatic nitrogens is 3. The van der Waals surface area contributed by atoms with Crippen LogP contribution in [0, 0.1) is 0 Å². The van der Waals surface area contributed by atoms with Crippen LogP contribution in [0.5, 0.6) is 0 Å². The number of aryl methyl sites for hydroxylation is 1. The first-order valence-corrected chi connectivity index (χ1v) is 4.17. The molecule has 0 atom stereocenters. The first-order valence-electron chi connectivity index (χ1n) is 4.17. The maximum atomic E-state index is 11.4. The molecular formula is C8H11N3O. The molecule has 1 heterocycles. The standard InChI is InChI=1S/C8H11N3O/c1-5(2)11-8-6(9-10-11)3-4-7(8)12/h5H,3-4H2,1-2H3. The van der Waals surface area contributed by atoms with Gasteiger partial charge in [0.1, 0.15) is 5.69 Å². The molecule has 0 aliphatic heterocycles. The van der Waals surface area contributed by atoms with E-state index in [0.29, 0.717) is 6.42 Å². The minimum atomic E-state index is 0.184. The Labute approximate surface area is 70.6 Å². The number of nitrogens with zero attached hydrogens (tertiary/aromatic N) is 3. The highest BCUT2D eigenvalue weighted by Gasteiger charge is 2.27. The quantitative estimate of drug-likeness (QED) is 0.623. The Balaban J connectivity index is 2.53. The van der Waals surface area contributed by atoms with Crippen LogP contribution in [0.15, 0.2) is 0 Å². The molecule has 1 aliphatic rings. The molecule has 1 aliphatic carbocycles. The topological polar surface area (TPSA) is 47.8 Å². The Morgan fingerprint density at radius 1 is 1.42 bits per heavy atom. The number of Topliss-reactive ketones (excluding diaryl/α,β-unsaturated/α-hetero) is 1. The van der Waals surface area contributed by atoms with Gasteiger partial charge in [0, 0.05) is 18.9 Å². The Bertz CT molecular complexity index is 327. The average molecular weight is 165 g/mol. The van der Waals surface area contributed by atoms with Crippen LogP contribution in [-0.4, -0.2) is 20.8 Å². The summed E-state index contributed by atoms with van der Waals surface area (Å²) in [5.74, 6) is 0.184. The molecule has 0 saturated carbocycles. The van der Waals surface area contributed by atoms with Crippen molar-refractivity contribution in [3.63, 3.8) is 0 Å². The van der Waals surface area contributed by atoms with E-state index in [-0.39, 0.29) is 11.8 Å². The van der Waals surface area contributed by atoms with Crippen LogP contribution < -0.4 is 0 Å². The minimum Gasteiger partial charge on any atom is -0.292 e. The van der Waals surface area contributed by atoms with Gasteiger partial charge in [0.15, 0.2) is 5.78 Å². The summed E-state index contributed by atoms with van der Waals surface area (Å²) in [5.41, 5.74) is 1.60.